The summed E-state index contributed by atoms with van der Waals surface area (Å²) in [6, 6.07) is 6.03. The van der Waals surface area contributed by atoms with Crippen LogP contribution in [-0.2, 0) is 9.53 Å². The van der Waals surface area contributed by atoms with Crippen LogP contribution in [0.3, 0.4) is 0 Å². The summed E-state index contributed by atoms with van der Waals surface area (Å²) in [6.45, 7) is 1.46. The summed E-state index contributed by atoms with van der Waals surface area (Å²) in [5, 5.41) is 0. The lowest BCUT2D eigenvalue weighted by Crippen LogP contribution is -2.59. The molecule has 2 fully saturated rings. The summed E-state index contributed by atoms with van der Waals surface area (Å²) >= 11 is 1.33. The number of thiazole rings is 1. The van der Waals surface area contributed by atoms with Crippen molar-refractivity contribution in [3.8, 4) is 0 Å². The number of hydrogen-bond acceptors (Lipinski definition) is 5. The van der Waals surface area contributed by atoms with E-state index >= 15 is 0 Å². The second-order valence-electron chi connectivity index (χ2n) is 6.59. The van der Waals surface area contributed by atoms with Gasteiger partial charge in [0.2, 0.25) is 0 Å². The van der Waals surface area contributed by atoms with Crippen molar-refractivity contribution < 1.29 is 18.7 Å². The molecule has 2 amide bonds. The highest BCUT2D eigenvalue weighted by Gasteiger charge is 2.43. The number of rotatable bonds is 2. The number of likely N-dealkylation sites (tertiary alicyclic amines) is 1. The van der Waals surface area contributed by atoms with Crippen LogP contribution < -0.4 is 4.90 Å². The molecule has 1 spiro atoms. The first-order valence-corrected chi connectivity index (χ1v) is 9.32. The first kappa shape index (κ1) is 17.1. The zero-order valence-electron chi connectivity index (χ0n) is 14.1. The first-order valence-electron chi connectivity index (χ1n) is 8.44. The van der Waals surface area contributed by atoms with Crippen molar-refractivity contribution in [2.45, 2.75) is 18.4 Å². The Balaban J connectivity index is 1.46. The quantitative estimate of drug-likeness (QED) is 0.808. The molecule has 2 aliphatic rings. The summed E-state index contributed by atoms with van der Waals surface area (Å²) in [5.74, 6) is -0.568. The molecular formula is C18H18FN3O3S. The van der Waals surface area contributed by atoms with Gasteiger partial charge in [0.25, 0.3) is 11.8 Å². The lowest BCUT2D eigenvalue weighted by molar-refractivity contribution is -0.143. The van der Waals surface area contributed by atoms with Gasteiger partial charge in [-0.1, -0.05) is 6.07 Å². The third-order valence-electron chi connectivity index (χ3n) is 4.97. The molecule has 0 N–H and O–H groups in total. The lowest BCUT2D eigenvalue weighted by atomic mass is 9.89. The minimum Gasteiger partial charge on any atom is -0.363 e. The molecule has 2 aliphatic heterocycles. The summed E-state index contributed by atoms with van der Waals surface area (Å²) in [7, 11) is 0. The smallest absolute Gasteiger partial charge is 0.265 e. The van der Waals surface area contributed by atoms with Crippen molar-refractivity contribution in [1.82, 2.24) is 9.88 Å². The second-order valence-corrected chi connectivity index (χ2v) is 7.48. The van der Waals surface area contributed by atoms with Crippen LogP contribution in [-0.4, -0.2) is 53.5 Å². The van der Waals surface area contributed by atoms with E-state index in [1.807, 2.05) is 0 Å². The zero-order chi connectivity index (χ0) is 18.1. The number of benzene rings is 1. The SMILES string of the molecule is O=C(c1cncs1)N1CCC2(CC1)CN(c1cccc(F)c1)C(=O)CO2. The molecule has 2 aromatic rings. The summed E-state index contributed by atoms with van der Waals surface area (Å²) in [6.07, 6.45) is 2.85. The highest BCUT2D eigenvalue weighted by Crippen LogP contribution is 2.33. The van der Waals surface area contributed by atoms with Crippen LogP contribution in [0.4, 0.5) is 10.1 Å². The number of amides is 2. The average molecular weight is 375 g/mol. The van der Waals surface area contributed by atoms with Crippen molar-refractivity contribution in [3.63, 3.8) is 0 Å². The van der Waals surface area contributed by atoms with Crippen LogP contribution >= 0.6 is 11.3 Å². The first-order chi connectivity index (χ1) is 12.6. The topological polar surface area (TPSA) is 62.7 Å². The van der Waals surface area contributed by atoms with Gasteiger partial charge >= 0.3 is 0 Å². The third-order valence-corrected chi connectivity index (χ3v) is 5.74. The van der Waals surface area contributed by atoms with Gasteiger partial charge in [-0.25, -0.2) is 4.39 Å². The number of morpholine rings is 1. The fourth-order valence-electron chi connectivity index (χ4n) is 3.49. The van der Waals surface area contributed by atoms with Crippen molar-refractivity contribution in [2.75, 3.05) is 31.1 Å². The molecule has 0 aliphatic carbocycles. The number of nitrogens with zero attached hydrogens (tertiary/aromatic N) is 3. The summed E-state index contributed by atoms with van der Waals surface area (Å²) < 4.78 is 19.4. The maximum Gasteiger partial charge on any atom is 0.265 e. The Labute approximate surface area is 154 Å². The highest BCUT2D eigenvalue weighted by molar-refractivity contribution is 7.11. The number of halogens is 1. The largest absolute Gasteiger partial charge is 0.363 e. The van der Waals surface area contributed by atoms with Gasteiger partial charge in [-0.2, -0.15) is 0 Å². The summed E-state index contributed by atoms with van der Waals surface area (Å²) in [5.41, 5.74) is 1.69. The van der Waals surface area contributed by atoms with Crippen LogP contribution in [0.15, 0.2) is 36.0 Å². The van der Waals surface area contributed by atoms with E-state index in [1.54, 1.807) is 33.6 Å². The zero-order valence-corrected chi connectivity index (χ0v) is 14.9. The molecule has 4 rings (SSSR count). The Kier molecular flexibility index (Phi) is 4.46. The Morgan fingerprint density at radius 2 is 2.12 bits per heavy atom. The Hall–Kier alpha value is -2.32. The van der Waals surface area contributed by atoms with Gasteiger partial charge in [0.05, 0.1) is 23.9 Å². The third kappa shape index (κ3) is 3.22. The highest BCUT2D eigenvalue weighted by atomic mass is 32.1. The molecule has 0 atom stereocenters. The molecule has 1 aromatic carbocycles. The molecule has 3 heterocycles. The van der Waals surface area contributed by atoms with Gasteiger partial charge < -0.3 is 14.5 Å². The fraction of sp³-hybridized carbons (Fsp3) is 0.389. The minimum absolute atomic E-state index is 0.0174. The lowest BCUT2D eigenvalue weighted by Gasteiger charge is -2.46. The van der Waals surface area contributed by atoms with E-state index in [2.05, 4.69) is 4.98 Å². The van der Waals surface area contributed by atoms with Gasteiger partial charge in [-0.05, 0) is 31.0 Å². The molecule has 2 saturated heterocycles. The number of ether oxygens (including phenoxy) is 1. The second kappa shape index (κ2) is 6.77. The molecule has 6 nitrogen and oxygen atoms in total. The molecule has 0 unspecified atom stereocenters. The normalized spacial score (nSPS) is 19.8. The maximum absolute atomic E-state index is 13.5. The Bertz CT molecular complexity index is 819. The number of piperidine rings is 1. The van der Waals surface area contributed by atoms with Crippen LogP contribution in [0.25, 0.3) is 0 Å². The number of hydrogen-bond donors (Lipinski definition) is 0. The van der Waals surface area contributed by atoms with Gasteiger partial charge in [0, 0.05) is 18.8 Å². The predicted molar refractivity (Wildman–Crippen MR) is 94.7 cm³/mol. The van der Waals surface area contributed by atoms with Crippen molar-refractivity contribution in [2.24, 2.45) is 0 Å². The van der Waals surface area contributed by atoms with Crippen molar-refractivity contribution in [3.05, 3.63) is 46.7 Å². The van der Waals surface area contributed by atoms with Crippen molar-refractivity contribution in [1.29, 1.82) is 0 Å². The van der Waals surface area contributed by atoms with Crippen LogP contribution in [0, 0.1) is 5.82 Å². The number of anilines is 1. The molecule has 8 heteroatoms. The van der Waals surface area contributed by atoms with E-state index in [-0.39, 0.29) is 24.2 Å². The van der Waals surface area contributed by atoms with Gasteiger partial charge in [-0.15, -0.1) is 11.3 Å². The molecule has 0 saturated carbocycles. The molecule has 0 bridgehead atoms. The minimum atomic E-state index is -0.495. The maximum atomic E-state index is 13.5. The number of carbonyl (C=O) groups is 2. The van der Waals surface area contributed by atoms with E-state index in [1.165, 1.54) is 23.5 Å². The number of aromatic nitrogens is 1. The molecule has 136 valence electrons. The van der Waals surface area contributed by atoms with Gasteiger partial charge in [0.15, 0.2) is 0 Å². The van der Waals surface area contributed by atoms with E-state index in [9.17, 15) is 14.0 Å². The van der Waals surface area contributed by atoms with Gasteiger partial charge in [0.1, 0.15) is 17.3 Å². The predicted octanol–water partition coefficient (Wildman–Crippen LogP) is 2.32. The van der Waals surface area contributed by atoms with E-state index < -0.39 is 5.60 Å². The fourth-order valence-corrected chi connectivity index (χ4v) is 4.08. The van der Waals surface area contributed by atoms with Gasteiger partial charge in [-0.3, -0.25) is 14.6 Å². The van der Waals surface area contributed by atoms with E-state index in [4.69, 9.17) is 4.74 Å². The molecule has 26 heavy (non-hydrogen) atoms. The van der Waals surface area contributed by atoms with Crippen LogP contribution in [0.1, 0.15) is 22.5 Å². The van der Waals surface area contributed by atoms with Crippen molar-refractivity contribution >= 4 is 28.8 Å². The monoisotopic (exact) mass is 375 g/mol. The van der Waals surface area contributed by atoms with Crippen LogP contribution in [0.2, 0.25) is 0 Å². The average Bonchev–Trinajstić information content (AvgIpc) is 3.19. The van der Waals surface area contributed by atoms with Crippen LogP contribution in [0.5, 0.6) is 0 Å². The Morgan fingerprint density at radius 3 is 2.81 bits per heavy atom. The molecule has 1 aromatic heterocycles. The Morgan fingerprint density at radius 1 is 1.31 bits per heavy atom. The van der Waals surface area contributed by atoms with E-state index in [0.717, 1.165) is 0 Å². The molecule has 0 radical (unpaired) electrons. The standard InChI is InChI=1S/C18H18FN3O3S/c19-13-2-1-3-14(8-13)22-11-18(25-10-16(22)23)4-6-21(7-5-18)17(24)15-9-20-12-26-15/h1-3,8-9,12H,4-7,10-11H2. The molecular weight excluding hydrogens is 357 g/mol. The number of carbonyl (C=O) groups excluding carboxylic acids is 2. The van der Waals surface area contributed by atoms with E-state index in [0.29, 0.717) is 43.0 Å². The summed E-state index contributed by atoms with van der Waals surface area (Å²) in [4.78, 5) is 32.7.